The molecule has 1 aromatic carbocycles. The number of hydrogen-bond donors (Lipinski definition) is 2. The van der Waals surface area contributed by atoms with Gasteiger partial charge in [0, 0.05) is 12.8 Å². The van der Waals surface area contributed by atoms with Crippen LogP contribution in [0.25, 0.3) is 0 Å². The Hall–Kier alpha value is -2.44. The maximum Gasteiger partial charge on any atom is 0.309 e. The zero-order chi connectivity index (χ0) is 19.6. The average molecular weight is 373 g/mol. The fourth-order valence-electron chi connectivity index (χ4n) is 2.59. The molecule has 1 aromatic heterocycles. The van der Waals surface area contributed by atoms with Crippen LogP contribution < -0.4 is 4.74 Å². The van der Waals surface area contributed by atoms with E-state index < -0.39 is 18.0 Å². The molecule has 6 heteroatoms. The third-order valence-corrected chi connectivity index (χ3v) is 4.28. The van der Waals surface area contributed by atoms with E-state index in [0.717, 1.165) is 17.5 Å². The molecular formula is C21H27NO5. The van der Waals surface area contributed by atoms with Crippen LogP contribution in [-0.4, -0.2) is 41.0 Å². The van der Waals surface area contributed by atoms with E-state index in [0.29, 0.717) is 24.5 Å². The minimum absolute atomic E-state index is 0.0971. The lowest BCUT2D eigenvalue weighted by molar-refractivity contribution is -0.143. The van der Waals surface area contributed by atoms with Crippen molar-refractivity contribution in [2.75, 3.05) is 19.8 Å². The van der Waals surface area contributed by atoms with Gasteiger partial charge in [-0.1, -0.05) is 25.1 Å². The summed E-state index contributed by atoms with van der Waals surface area (Å²) in [5, 5.41) is 19.5. The summed E-state index contributed by atoms with van der Waals surface area (Å²) < 4.78 is 10.9. The van der Waals surface area contributed by atoms with Gasteiger partial charge in [0.2, 0.25) is 0 Å². The monoisotopic (exact) mass is 373 g/mol. The summed E-state index contributed by atoms with van der Waals surface area (Å²) in [5.41, 5.74) is 2.59. The molecule has 0 spiro atoms. The zero-order valence-corrected chi connectivity index (χ0v) is 15.8. The molecule has 27 heavy (non-hydrogen) atoms. The Labute approximate surface area is 159 Å². The smallest absolute Gasteiger partial charge is 0.309 e. The summed E-state index contributed by atoms with van der Waals surface area (Å²) in [5.74, 6) is -0.830. The van der Waals surface area contributed by atoms with Crippen LogP contribution in [0.1, 0.15) is 36.8 Å². The molecule has 0 radical (unpaired) electrons. The minimum Gasteiger partial charge on any atom is -0.490 e. The minimum atomic E-state index is -0.867. The van der Waals surface area contributed by atoms with Gasteiger partial charge >= 0.3 is 5.97 Å². The highest BCUT2D eigenvalue weighted by atomic mass is 16.5. The van der Waals surface area contributed by atoms with Gasteiger partial charge in [0.15, 0.2) is 0 Å². The van der Waals surface area contributed by atoms with Crippen molar-refractivity contribution in [3.63, 3.8) is 0 Å². The number of carbonyl (C=O) groups is 1. The van der Waals surface area contributed by atoms with Gasteiger partial charge in [-0.2, -0.15) is 0 Å². The van der Waals surface area contributed by atoms with Gasteiger partial charge in [0.1, 0.15) is 18.5 Å². The Morgan fingerprint density at radius 1 is 1.07 bits per heavy atom. The second-order valence-corrected chi connectivity index (χ2v) is 6.31. The van der Waals surface area contributed by atoms with Crippen LogP contribution in [0, 0.1) is 5.92 Å². The predicted octanol–water partition coefficient (Wildman–Crippen LogP) is 3.04. The Morgan fingerprint density at radius 3 is 2.33 bits per heavy atom. The number of aryl methyl sites for hydroxylation is 1. The van der Waals surface area contributed by atoms with Gasteiger partial charge in [-0.3, -0.25) is 9.78 Å². The number of nitrogens with zero attached hydrogens (tertiary/aromatic N) is 1. The highest BCUT2D eigenvalue weighted by Gasteiger charge is 2.18. The summed E-state index contributed by atoms with van der Waals surface area (Å²) >= 11 is 0. The second kappa shape index (κ2) is 10.6. The number of aliphatic hydroxyl groups excluding tert-OH is 1. The number of ether oxygens (including phenoxy) is 2. The lowest BCUT2D eigenvalue weighted by Gasteiger charge is -2.14. The third kappa shape index (κ3) is 6.66. The Morgan fingerprint density at radius 2 is 1.78 bits per heavy atom. The molecule has 0 saturated heterocycles. The predicted molar refractivity (Wildman–Crippen MR) is 102 cm³/mol. The van der Waals surface area contributed by atoms with Crippen molar-refractivity contribution in [1.82, 2.24) is 4.98 Å². The molecule has 1 unspecified atom stereocenters. The Bertz CT molecular complexity index is 700. The first kappa shape index (κ1) is 20.9. The van der Waals surface area contributed by atoms with Crippen molar-refractivity contribution >= 4 is 5.97 Å². The molecule has 0 amide bonds. The Kier molecular flexibility index (Phi) is 8.23. The topological polar surface area (TPSA) is 88.9 Å². The van der Waals surface area contributed by atoms with Gasteiger partial charge in [0.25, 0.3) is 0 Å². The zero-order valence-electron chi connectivity index (χ0n) is 15.8. The first-order valence-electron chi connectivity index (χ1n) is 9.18. The number of carboxylic acid groups (broad SMARTS) is 1. The van der Waals surface area contributed by atoms with E-state index in [9.17, 15) is 15.0 Å². The standard InChI is InChI=1S/C21H27NO5/c1-3-15-7-10-19(22-12-15)20(23)14-27-18-8-5-16(6-9-18)11-17(21(24)25)13-26-4-2/h5-10,12,17,20,23H,3-4,11,13-14H2,1-2H3,(H,24,25)/t17?,20-/m0/s1. The van der Waals surface area contributed by atoms with Crippen LogP contribution in [0.3, 0.4) is 0 Å². The summed E-state index contributed by atoms with van der Waals surface area (Å²) in [4.78, 5) is 15.5. The molecule has 2 atom stereocenters. The fraction of sp³-hybridized carbons (Fsp3) is 0.429. The number of carboxylic acids is 1. The molecule has 1 heterocycles. The van der Waals surface area contributed by atoms with Crippen molar-refractivity contribution in [3.8, 4) is 5.75 Å². The van der Waals surface area contributed by atoms with E-state index in [1.165, 1.54) is 0 Å². The average Bonchev–Trinajstić information content (AvgIpc) is 2.70. The van der Waals surface area contributed by atoms with Gasteiger partial charge in [0.05, 0.1) is 18.2 Å². The number of aliphatic hydroxyl groups is 1. The second-order valence-electron chi connectivity index (χ2n) is 6.31. The van der Waals surface area contributed by atoms with E-state index in [-0.39, 0.29) is 13.2 Å². The van der Waals surface area contributed by atoms with E-state index in [2.05, 4.69) is 11.9 Å². The molecule has 146 valence electrons. The summed E-state index contributed by atoms with van der Waals surface area (Å²) in [6.07, 6.45) is 2.25. The normalized spacial score (nSPS) is 13.1. The molecule has 0 bridgehead atoms. The molecule has 0 aliphatic rings. The molecule has 2 aromatic rings. The maximum atomic E-state index is 11.3. The molecule has 6 nitrogen and oxygen atoms in total. The van der Waals surface area contributed by atoms with Crippen molar-refractivity contribution in [2.45, 2.75) is 32.8 Å². The van der Waals surface area contributed by atoms with E-state index in [4.69, 9.17) is 9.47 Å². The Balaban J connectivity index is 1.87. The highest BCUT2D eigenvalue weighted by molar-refractivity contribution is 5.70. The summed E-state index contributed by atoms with van der Waals surface area (Å²) in [6.45, 7) is 4.68. The summed E-state index contributed by atoms with van der Waals surface area (Å²) in [6, 6.07) is 11.0. The van der Waals surface area contributed by atoms with E-state index in [1.54, 1.807) is 24.4 Å². The molecule has 0 aliphatic carbocycles. The first-order chi connectivity index (χ1) is 13.0. The lowest BCUT2D eigenvalue weighted by Crippen LogP contribution is -2.22. The van der Waals surface area contributed by atoms with Crippen molar-refractivity contribution in [2.24, 2.45) is 5.92 Å². The van der Waals surface area contributed by atoms with Crippen LogP contribution in [0.5, 0.6) is 5.75 Å². The molecule has 0 aliphatic heterocycles. The van der Waals surface area contributed by atoms with Crippen LogP contribution >= 0.6 is 0 Å². The van der Waals surface area contributed by atoms with Crippen LogP contribution in [0.15, 0.2) is 42.6 Å². The number of aromatic nitrogens is 1. The van der Waals surface area contributed by atoms with Crippen LogP contribution in [0.2, 0.25) is 0 Å². The number of rotatable bonds is 11. The number of aliphatic carboxylic acids is 1. The largest absolute Gasteiger partial charge is 0.490 e. The molecule has 2 N–H and O–H groups in total. The van der Waals surface area contributed by atoms with Gasteiger partial charge in [-0.25, -0.2) is 0 Å². The van der Waals surface area contributed by atoms with Crippen molar-refractivity contribution in [3.05, 3.63) is 59.4 Å². The van der Waals surface area contributed by atoms with Crippen LogP contribution in [0.4, 0.5) is 0 Å². The van der Waals surface area contributed by atoms with Gasteiger partial charge < -0.3 is 19.7 Å². The lowest BCUT2D eigenvalue weighted by atomic mass is 10.0. The van der Waals surface area contributed by atoms with E-state index >= 15 is 0 Å². The number of pyridine rings is 1. The number of benzene rings is 1. The molecular weight excluding hydrogens is 346 g/mol. The fourth-order valence-corrected chi connectivity index (χ4v) is 2.59. The SMILES string of the molecule is CCOCC(Cc1ccc(OC[C@H](O)c2ccc(CC)cn2)cc1)C(=O)O. The van der Waals surface area contributed by atoms with Crippen LogP contribution in [-0.2, 0) is 22.4 Å². The number of hydrogen-bond acceptors (Lipinski definition) is 5. The van der Waals surface area contributed by atoms with E-state index in [1.807, 2.05) is 25.1 Å². The van der Waals surface area contributed by atoms with Crippen molar-refractivity contribution in [1.29, 1.82) is 0 Å². The summed E-state index contributed by atoms with van der Waals surface area (Å²) in [7, 11) is 0. The molecule has 0 fully saturated rings. The third-order valence-electron chi connectivity index (χ3n) is 4.28. The van der Waals surface area contributed by atoms with Crippen molar-refractivity contribution < 1.29 is 24.5 Å². The molecule has 2 rings (SSSR count). The maximum absolute atomic E-state index is 11.3. The van der Waals surface area contributed by atoms with Gasteiger partial charge in [-0.15, -0.1) is 0 Å². The first-order valence-corrected chi connectivity index (χ1v) is 9.18. The molecule has 0 saturated carbocycles. The quantitative estimate of drug-likeness (QED) is 0.629. The van der Waals surface area contributed by atoms with Gasteiger partial charge in [-0.05, 0) is 49.1 Å². The highest BCUT2D eigenvalue weighted by Crippen LogP contribution is 2.18.